The SMILES string of the molecule is CC(C)(C)NC(=O)CNC(=O)[C@@H]1C[C@H](c2ccccc2)N2CCC[C@@H]12. The number of carbonyl (C=O) groups is 2. The van der Waals surface area contributed by atoms with Crippen LogP contribution in [-0.4, -0.2) is 41.4 Å². The van der Waals surface area contributed by atoms with Crippen LogP contribution < -0.4 is 10.6 Å². The van der Waals surface area contributed by atoms with Crippen molar-refractivity contribution in [3.8, 4) is 0 Å². The molecule has 0 bridgehead atoms. The minimum atomic E-state index is -0.282. The Bertz CT molecular complexity index is 624. The van der Waals surface area contributed by atoms with Crippen molar-refractivity contribution in [3.05, 3.63) is 35.9 Å². The Morgan fingerprint density at radius 3 is 2.60 bits per heavy atom. The van der Waals surface area contributed by atoms with Crippen LogP contribution in [0, 0.1) is 5.92 Å². The third-order valence-electron chi connectivity index (χ3n) is 5.14. The topological polar surface area (TPSA) is 61.4 Å². The molecule has 3 atom stereocenters. The van der Waals surface area contributed by atoms with Crippen LogP contribution in [0.5, 0.6) is 0 Å². The first-order valence-corrected chi connectivity index (χ1v) is 9.24. The molecule has 0 aromatic heterocycles. The summed E-state index contributed by atoms with van der Waals surface area (Å²) in [6, 6.07) is 11.1. The standard InChI is InChI=1S/C20H29N3O2/c1-20(2,3)22-18(24)13-21-19(25)15-12-17(14-8-5-4-6-9-14)23-11-7-10-16(15)23/h4-6,8-9,15-17H,7,10-13H2,1-3H3,(H,21,25)(H,22,24)/t15-,16+,17-/m1/s1. The molecule has 2 aliphatic rings. The van der Waals surface area contributed by atoms with Gasteiger partial charge in [0.15, 0.2) is 0 Å². The van der Waals surface area contributed by atoms with Crippen molar-refractivity contribution in [1.82, 2.24) is 15.5 Å². The summed E-state index contributed by atoms with van der Waals surface area (Å²) in [7, 11) is 0. The number of nitrogens with one attached hydrogen (secondary N) is 2. The average molecular weight is 343 g/mol. The molecule has 0 spiro atoms. The zero-order valence-corrected chi connectivity index (χ0v) is 15.4. The second-order valence-electron chi connectivity index (χ2n) is 8.23. The minimum absolute atomic E-state index is 0.0133. The second-order valence-corrected chi connectivity index (χ2v) is 8.23. The van der Waals surface area contributed by atoms with E-state index in [0.717, 1.165) is 25.8 Å². The van der Waals surface area contributed by atoms with Gasteiger partial charge in [-0.3, -0.25) is 14.5 Å². The van der Waals surface area contributed by atoms with E-state index in [0.29, 0.717) is 12.1 Å². The van der Waals surface area contributed by atoms with Gasteiger partial charge >= 0.3 is 0 Å². The Labute approximate surface area is 150 Å². The quantitative estimate of drug-likeness (QED) is 0.881. The van der Waals surface area contributed by atoms with Crippen molar-refractivity contribution in [3.63, 3.8) is 0 Å². The highest BCUT2D eigenvalue weighted by molar-refractivity contribution is 5.86. The van der Waals surface area contributed by atoms with Crippen molar-refractivity contribution in [2.45, 2.75) is 57.7 Å². The molecule has 5 nitrogen and oxygen atoms in total. The van der Waals surface area contributed by atoms with E-state index in [1.807, 2.05) is 26.8 Å². The van der Waals surface area contributed by atoms with Gasteiger partial charge in [-0.25, -0.2) is 0 Å². The van der Waals surface area contributed by atoms with Crippen LogP contribution in [0.4, 0.5) is 0 Å². The Balaban J connectivity index is 1.62. The number of hydrogen-bond donors (Lipinski definition) is 2. The van der Waals surface area contributed by atoms with Crippen LogP contribution in [0.15, 0.2) is 30.3 Å². The molecule has 136 valence electrons. The van der Waals surface area contributed by atoms with E-state index in [4.69, 9.17) is 0 Å². The van der Waals surface area contributed by atoms with Gasteiger partial charge in [-0.15, -0.1) is 0 Å². The number of nitrogens with zero attached hydrogens (tertiary/aromatic N) is 1. The van der Waals surface area contributed by atoms with Gasteiger partial charge in [0.25, 0.3) is 0 Å². The monoisotopic (exact) mass is 343 g/mol. The highest BCUT2D eigenvalue weighted by atomic mass is 16.2. The first-order chi connectivity index (χ1) is 11.8. The number of hydrogen-bond acceptors (Lipinski definition) is 3. The van der Waals surface area contributed by atoms with E-state index in [1.54, 1.807) is 0 Å². The summed E-state index contributed by atoms with van der Waals surface area (Å²) < 4.78 is 0. The van der Waals surface area contributed by atoms with Gasteiger partial charge < -0.3 is 10.6 Å². The molecule has 3 rings (SSSR count). The van der Waals surface area contributed by atoms with Gasteiger partial charge in [-0.1, -0.05) is 30.3 Å². The molecule has 2 fully saturated rings. The summed E-state index contributed by atoms with van der Waals surface area (Å²) in [4.78, 5) is 27.2. The molecule has 0 aliphatic carbocycles. The maximum Gasteiger partial charge on any atom is 0.239 e. The van der Waals surface area contributed by atoms with Crippen LogP contribution >= 0.6 is 0 Å². The molecular formula is C20H29N3O2. The van der Waals surface area contributed by atoms with Gasteiger partial charge in [-0.05, 0) is 52.1 Å². The van der Waals surface area contributed by atoms with Crippen molar-refractivity contribution in [1.29, 1.82) is 0 Å². The molecule has 2 aliphatic heterocycles. The second kappa shape index (κ2) is 7.16. The molecule has 2 amide bonds. The fourth-order valence-electron chi connectivity index (χ4n) is 4.21. The predicted molar refractivity (Wildman–Crippen MR) is 97.9 cm³/mol. The lowest BCUT2D eigenvalue weighted by Gasteiger charge is -2.24. The predicted octanol–water partition coefficient (Wildman–Crippen LogP) is 2.24. The van der Waals surface area contributed by atoms with Crippen LogP contribution in [0.2, 0.25) is 0 Å². The lowest BCUT2D eigenvalue weighted by molar-refractivity contribution is -0.129. The zero-order chi connectivity index (χ0) is 18.0. The van der Waals surface area contributed by atoms with E-state index in [1.165, 1.54) is 5.56 Å². The van der Waals surface area contributed by atoms with E-state index in [2.05, 4.69) is 39.8 Å². The fourth-order valence-corrected chi connectivity index (χ4v) is 4.21. The molecule has 5 heteroatoms. The lowest BCUT2D eigenvalue weighted by atomic mass is 9.93. The molecular weight excluding hydrogens is 314 g/mol. The summed E-state index contributed by atoms with van der Waals surface area (Å²) in [6.07, 6.45) is 3.04. The fraction of sp³-hybridized carbons (Fsp3) is 0.600. The lowest BCUT2D eigenvalue weighted by Crippen LogP contribution is -2.47. The molecule has 25 heavy (non-hydrogen) atoms. The maximum atomic E-state index is 12.7. The van der Waals surface area contributed by atoms with E-state index >= 15 is 0 Å². The highest BCUT2D eigenvalue weighted by Gasteiger charge is 2.47. The molecule has 2 heterocycles. The third kappa shape index (κ3) is 4.21. The number of benzene rings is 1. The normalized spacial score (nSPS) is 26.3. The van der Waals surface area contributed by atoms with Crippen molar-refractivity contribution in [2.75, 3.05) is 13.1 Å². The van der Waals surface area contributed by atoms with Gasteiger partial charge in [0.2, 0.25) is 11.8 Å². The van der Waals surface area contributed by atoms with Gasteiger partial charge in [0.1, 0.15) is 0 Å². The third-order valence-corrected chi connectivity index (χ3v) is 5.14. The molecule has 1 aromatic carbocycles. The first kappa shape index (κ1) is 17.9. The van der Waals surface area contributed by atoms with Crippen molar-refractivity contribution >= 4 is 11.8 Å². The van der Waals surface area contributed by atoms with Gasteiger partial charge in [-0.2, -0.15) is 0 Å². The van der Waals surface area contributed by atoms with Crippen LogP contribution in [0.25, 0.3) is 0 Å². The van der Waals surface area contributed by atoms with E-state index in [9.17, 15) is 9.59 Å². The largest absolute Gasteiger partial charge is 0.350 e. The molecule has 0 saturated carbocycles. The summed E-state index contributed by atoms with van der Waals surface area (Å²) in [5, 5.41) is 5.74. The van der Waals surface area contributed by atoms with Crippen molar-refractivity contribution < 1.29 is 9.59 Å². The smallest absolute Gasteiger partial charge is 0.239 e. The number of fused-ring (bicyclic) bond motifs is 1. The Hall–Kier alpha value is -1.88. The molecule has 0 unspecified atom stereocenters. The van der Waals surface area contributed by atoms with Gasteiger partial charge in [0, 0.05) is 17.6 Å². The molecule has 2 saturated heterocycles. The minimum Gasteiger partial charge on any atom is -0.350 e. The number of amides is 2. The Morgan fingerprint density at radius 1 is 1.20 bits per heavy atom. The molecule has 1 aromatic rings. The van der Waals surface area contributed by atoms with Crippen molar-refractivity contribution in [2.24, 2.45) is 5.92 Å². The van der Waals surface area contributed by atoms with Crippen LogP contribution in [-0.2, 0) is 9.59 Å². The summed E-state index contributed by atoms with van der Waals surface area (Å²) in [5.74, 6) is -0.156. The van der Waals surface area contributed by atoms with E-state index in [-0.39, 0.29) is 29.8 Å². The van der Waals surface area contributed by atoms with Crippen LogP contribution in [0.3, 0.4) is 0 Å². The Kier molecular flexibility index (Phi) is 5.13. The van der Waals surface area contributed by atoms with Gasteiger partial charge in [0.05, 0.1) is 12.5 Å². The maximum absolute atomic E-state index is 12.7. The van der Waals surface area contributed by atoms with E-state index < -0.39 is 0 Å². The Morgan fingerprint density at radius 2 is 1.92 bits per heavy atom. The summed E-state index contributed by atoms with van der Waals surface area (Å²) in [5.41, 5.74) is 1.01. The molecule has 2 N–H and O–H groups in total. The summed E-state index contributed by atoms with van der Waals surface area (Å²) in [6.45, 7) is 6.91. The highest BCUT2D eigenvalue weighted by Crippen LogP contribution is 2.44. The zero-order valence-electron chi connectivity index (χ0n) is 15.4. The molecule has 0 radical (unpaired) electrons. The average Bonchev–Trinajstić information content (AvgIpc) is 3.14. The number of rotatable bonds is 4. The number of carbonyl (C=O) groups excluding carboxylic acids is 2. The first-order valence-electron chi connectivity index (χ1n) is 9.24. The summed E-state index contributed by atoms with van der Waals surface area (Å²) >= 11 is 0. The van der Waals surface area contributed by atoms with Crippen LogP contribution in [0.1, 0.15) is 51.6 Å².